The number of hydrogen-bond acceptors (Lipinski definition) is 4. The standard InChI is InChI=1S/C14H29N3O/c1-13(2)15-6-9-17-10-11-18-14(12-17)4-7-16(3)8-5-14/h13,15H,4-12H2,1-3H3. The van der Waals surface area contributed by atoms with Gasteiger partial charge in [0.05, 0.1) is 12.2 Å². The SMILES string of the molecule is CC(C)NCCN1CCOC2(CCN(C)CC2)C1. The van der Waals surface area contributed by atoms with Crippen LogP contribution in [0.4, 0.5) is 0 Å². The Labute approximate surface area is 112 Å². The van der Waals surface area contributed by atoms with E-state index in [1.54, 1.807) is 0 Å². The van der Waals surface area contributed by atoms with E-state index in [4.69, 9.17) is 4.74 Å². The minimum atomic E-state index is 0.155. The summed E-state index contributed by atoms with van der Waals surface area (Å²) in [5, 5.41) is 3.50. The predicted octanol–water partition coefficient (Wildman–Crippen LogP) is 0.781. The maximum atomic E-state index is 6.12. The molecule has 4 nitrogen and oxygen atoms in total. The third-order valence-electron chi connectivity index (χ3n) is 4.21. The fourth-order valence-electron chi connectivity index (χ4n) is 2.95. The smallest absolute Gasteiger partial charge is 0.0833 e. The van der Waals surface area contributed by atoms with Crippen molar-refractivity contribution in [1.29, 1.82) is 0 Å². The Morgan fingerprint density at radius 3 is 2.61 bits per heavy atom. The van der Waals surface area contributed by atoms with E-state index in [1.807, 2.05) is 0 Å². The summed E-state index contributed by atoms with van der Waals surface area (Å²) < 4.78 is 6.12. The van der Waals surface area contributed by atoms with Crippen LogP contribution in [-0.4, -0.2) is 74.4 Å². The molecular weight excluding hydrogens is 226 g/mol. The average molecular weight is 255 g/mol. The number of morpholine rings is 1. The Kier molecular flexibility index (Phi) is 5.01. The molecule has 0 aromatic heterocycles. The molecule has 106 valence electrons. The number of rotatable bonds is 4. The second-order valence-electron chi connectivity index (χ2n) is 6.22. The van der Waals surface area contributed by atoms with Crippen molar-refractivity contribution in [3.8, 4) is 0 Å². The largest absolute Gasteiger partial charge is 0.372 e. The van der Waals surface area contributed by atoms with Crippen molar-refractivity contribution in [2.75, 3.05) is 52.9 Å². The van der Waals surface area contributed by atoms with Gasteiger partial charge >= 0.3 is 0 Å². The van der Waals surface area contributed by atoms with Crippen LogP contribution >= 0.6 is 0 Å². The van der Waals surface area contributed by atoms with E-state index >= 15 is 0 Å². The van der Waals surface area contributed by atoms with E-state index in [0.717, 1.165) is 32.8 Å². The van der Waals surface area contributed by atoms with Gasteiger partial charge in [0.2, 0.25) is 0 Å². The molecule has 0 atom stereocenters. The summed E-state index contributed by atoms with van der Waals surface area (Å²) in [4.78, 5) is 4.98. The number of ether oxygens (including phenoxy) is 1. The van der Waals surface area contributed by atoms with Gasteiger partial charge in [0.1, 0.15) is 0 Å². The first kappa shape index (κ1) is 14.3. The maximum absolute atomic E-state index is 6.12. The fourth-order valence-corrected chi connectivity index (χ4v) is 2.95. The number of likely N-dealkylation sites (tertiary alicyclic amines) is 1. The molecule has 0 amide bonds. The maximum Gasteiger partial charge on any atom is 0.0833 e. The molecule has 1 N–H and O–H groups in total. The highest BCUT2D eigenvalue weighted by atomic mass is 16.5. The lowest BCUT2D eigenvalue weighted by molar-refractivity contribution is -0.133. The summed E-state index contributed by atoms with van der Waals surface area (Å²) in [5.74, 6) is 0. The lowest BCUT2D eigenvalue weighted by Gasteiger charge is -2.46. The molecule has 18 heavy (non-hydrogen) atoms. The van der Waals surface area contributed by atoms with Crippen molar-refractivity contribution < 1.29 is 4.74 Å². The van der Waals surface area contributed by atoms with Crippen LogP contribution in [0, 0.1) is 0 Å². The van der Waals surface area contributed by atoms with Crippen molar-refractivity contribution in [3.05, 3.63) is 0 Å². The van der Waals surface area contributed by atoms with Gasteiger partial charge in [-0.3, -0.25) is 4.90 Å². The summed E-state index contributed by atoms with van der Waals surface area (Å²) in [5.41, 5.74) is 0.155. The van der Waals surface area contributed by atoms with Gasteiger partial charge in [0.15, 0.2) is 0 Å². The third kappa shape index (κ3) is 3.92. The molecule has 2 aliphatic rings. The van der Waals surface area contributed by atoms with E-state index in [-0.39, 0.29) is 5.60 Å². The van der Waals surface area contributed by atoms with Crippen LogP contribution in [0.25, 0.3) is 0 Å². The second-order valence-corrected chi connectivity index (χ2v) is 6.22. The molecule has 0 unspecified atom stereocenters. The molecule has 2 heterocycles. The molecule has 1 spiro atoms. The molecule has 0 bridgehead atoms. The molecule has 2 saturated heterocycles. The zero-order valence-electron chi connectivity index (χ0n) is 12.2. The second kappa shape index (κ2) is 6.33. The van der Waals surface area contributed by atoms with Gasteiger partial charge in [-0.15, -0.1) is 0 Å². The van der Waals surface area contributed by atoms with Crippen LogP contribution in [0.5, 0.6) is 0 Å². The van der Waals surface area contributed by atoms with Crippen molar-refractivity contribution in [2.45, 2.75) is 38.3 Å². The molecule has 4 heteroatoms. The Balaban J connectivity index is 1.77. The highest BCUT2D eigenvalue weighted by molar-refractivity contribution is 4.92. The number of nitrogens with one attached hydrogen (secondary N) is 1. The van der Waals surface area contributed by atoms with Crippen LogP contribution in [0.1, 0.15) is 26.7 Å². The first-order valence-corrected chi connectivity index (χ1v) is 7.38. The van der Waals surface area contributed by atoms with E-state index in [2.05, 4.69) is 36.0 Å². The van der Waals surface area contributed by atoms with E-state index in [0.29, 0.717) is 6.04 Å². The molecule has 2 rings (SSSR count). The van der Waals surface area contributed by atoms with Gasteiger partial charge in [0.25, 0.3) is 0 Å². The first-order valence-electron chi connectivity index (χ1n) is 7.38. The quantitative estimate of drug-likeness (QED) is 0.803. The van der Waals surface area contributed by atoms with Gasteiger partial charge in [-0.25, -0.2) is 0 Å². The Bertz CT molecular complexity index is 249. The van der Waals surface area contributed by atoms with E-state index in [1.165, 1.54) is 25.9 Å². The zero-order chi connectivity index (χ0) is 13.0. The normalized spacial score (nSPS) is 26.0. The van der Waals surface area contributed by atoms with Crippen LogP contribution in [0.2, 0.25) is 0 Å². The summed E-state index contributed by atoms with van der Waals surface area (Å²) in [7, 11) is 2.21. The minimum Gasteiger partial charge on any atom is -0.372 e. The van der Waals surface area contributed by atoms with E-state index < -0.39 is 0 Å². The van der Waals surface area contributed by atoms with Crippen LogP contribution in [0.15, 0.2) is 0 Å². The van der Waals surface area contributed by atoms with Crippen molar-refractivity contribution in [3.63, 3.8) is 0 Å². The van der Waals surface area contributed by atoms with Crippen molar-refractivity contribution in [2.24, 2.45) is 0 Å². The van der Waals surface area contributed by atoms with Gasteiger partial charge in [-0.2, -0.15) is 0 Å². The topological polar surface area (TPSA) is 27.7 Å². The Morgan fingerprint density at radius 2 is 1.94 bits per heavy atom. The van der Waals surface area contributed by atoms with Gasteiger partial charge in [-0.1, -0.05) is 13.8 Å². The van der Waals surface area contributed by atoms with Crippen molar-refractivity contribution in [1.82, 2.24) is 15.1 Å². The van der Waals surface area contributed by atoms with E-state index in [9.17, 15) is 0 Å². The lowest BCUT2D eigenvalue weighted by Crippen LogP contribution is -2.57. The fraction of sp³-hybridized carbons (Fsp3) is 1.00. The third-order valence-corrected chi connectivity index (χ3v) is 4.21. The zero-order valence-corrected chi connectivity index (χ0v) is 12.2. The van der Waals surface area contributed by atoms with Crippen molar-refractivity contribution >= 4 is 0 Å². The lowest BCUT2D eigenvalue weighted by atomic mass is 9.89. The predicted molar refractivity (Wildman–Crippen MR) is 75.0 cm³/mol. The molecular formula is C14H29N3O. The highest BCUT2D eigenvalue weighted by Gasteiger charge is 2.38. The molecule has 0 saturated carbocycles. The number of nitrogens with zero attached hydrogens (tertiary/aromatic N) is 2. The molecule has 0 aromatic carbocycles. The first-order chi connectivity index (χ1) is 8.60. The van der Waals surface area contributed by atoms with Gasteiger partial charge in [0, 0.05) is 45.3 Å². The molecule has 2 fully saturated rings. The van der Waals surface area contributed by atoms with Crippen LogP contribution in [0.3, 0.4) is 0 Å². The van der Waals surface area contributed by atoms with Crippen LogP contribution in [-0.2, 0) is 4.74 Å². The summed E-state index contributed by atoms with van der Waals surface area (Å²) in [6.07, 6.45) is 2.38. The summed E-state index contributed by atoms with van der Waals surface area (Å²) >= 11 is 0. The molecule has 0 aromatic rings. The molecule has 0 radical (unpaired) electrons. The molecule has 0 aliphatic carbocycles. The summed E-state index contributed by atoms with van der Waals surface area (Å²) in [6, 6.07) is 0.586. The van der Waals surface area contributed by atoms with Gasteiger partial charge in [-0.05, 0) is 19.9 Å². The highest BCUT2D eigenvalue weighted by Crippen LogP contribution is 2.29. The Hall–Kier alpha value is -0.160. The molecule has 2 aliphatic heterocycles. The number of piperidine rings is 1. The Morgan fingerprint density at radius 1 is 1.22 bits per heavy atom. The average Bonchev–Trinajstić information content (AvgIpc) is 2.33. The van der Waals surface area contributed by atoms with Crippen LogP contribution < -0.4 is 5.32 Å². The van der Waals surface area contributed by atoms with Gasteiger partial charge < -0.3 is 15.0 Å². The number of hydrogen-bond donors (Lipinski definition) is 1. The monoisotopic (exact) mass is 255 g/mol. The summed E-state index contributed by atoms with van der Waals surface area (Å²) in [6.45, 7) is 12.1. The minimum absolute atomic E-state index is 0.155.